The van der Waals surface area contributed by atoms with E-state index in [1.807, 2.05) is 72.6 Å². The average Bonchev–Trinajstić information content (AvgIpc) is 3.14. The van der Waals surface area contributed by atoms with Crippen LogP contribution in [-0.2, 0) is 41.1 Å². The van der Waals surface area contributed by atoms with Gasteiger partial charge in [0.2, 0.25) is 11.8 Å². The van der Waals surface area contributed by atoms with Crippen LogP contribution in [0.2, 0.25) is 0 Å². The van der Waals surface area contributed by atoms with Gasteiger partial charge in [0, 0.05) is 45.7 Å². The minimum Gasteiger partial charge on any atom is -0.489 e. The van der Waals surface area contributed by atoms with Crippen molar-refractivity contribution in [3.05, 3.63) is 137 Å². The number of amides is 2. The van der Waals surface area contributed by atoms with Gasteiger partial charge in [0.25, 0.3) is 0 Å². The Hall–Kier alpha value is -4.46. The van der Waals surface area contributed by atoms with E-state index < -0.39 is 6.04 Å². The number of hydrogen-bond donors (Lipinski definition) is 1. The van der Waals surface area contributed by atoms with Crippen LogP contribution in [0.15, 0.2) is 109 Å². The van der Waals surface area contributed by atoms with Crippen LogP contribution < -0.4 is 10.1 Å². The van der Waals surface area contributed by atoms with E-state index in [4.69, 9.17) is 4.74 Å². The summed E-state index contributed by atoms with van der Waals surface area (Å²) in [6, 6.07) is 36.1. The number of rotatable bonds is 15. The third kappa shape index (κ3) is 11.5. The lowest BCUT2D eigenvalue weighted by molar-refractivity contribution is -0.139. The number of nitrogens with one attached hydrogen (secondary N) is 1. The SMILES string of the molecule is CC(C)CC(C(=O)NC(Cc1ccc(OCc2ccccc2)cc1)C(=O)N1CCN(Cc2ccccc2)CC1)N(C)Cc1ccc(C(C)(C)C)cc1. The van der Waals surface area contributed by atoms with Crippen LogP contribution in [0.4, 0.5) is 0 Å². The van der Waals surface area contributed by atoms with Crippen LogP contribution >= 0.6 is 0 Å². The summed E-state index contributed by atoms with van der Waals surface area (Å²) in [5, 5.41) is 3.26. The summed E-state index contributed by atoms with van der Waals surface area (Å²) in [5.74, 6) is 0.937. The van der Waals surface area contributed by atoms with Crippen molar-refractivity contribution in [3.8, 4) is 5.75 Å². The molecule has 1 heterocycles. The number of nitrogens with zero attached hydrogens (tertiary/aromatic N) is 3. The molecule has 2 unspecified atom stereocenters. The predicted octanol–water partition coefficient (Wildman–Crippen LogP) is 7.48. The summed E-state index contributed by atoms with van der Waals surface area (Å²) in [7, 11) is 2.02. The van der Waals surface area contributed by atoms with E-state index in [0.29, 0.717) is 45.0 Å². The van der Waals surface area contributed by atoms with Crippen molar-refractivity contribution in [1.29, 1.82) is 0 Å². The van der Waals surface area contributed by atoms with E-state index in [-0.39, 0.29) is 23.3 Å². The highest BCUT2D eigenvalue weighted by molar-refractivity contribution is 5.90. The molecule has 7 heteroatoms. The number of hydrogen-bond acceptors (Lipinski definition) is 5. The smallest absolute Gasteiger partial charge is 0.245 e. The highest BCUT2D eigenvalue weighted by Crippen LogP contribution is 2.24. The third-order valence-electron chi connectivity index (χ3n) is 9.94. The van der Waals surface area contributed by atoms with Crippen molar-refractivity contribution in [2.75, 3.05) is 33.2 Å². The molecule has 1 fully saturated rings. The molecule has 2 amide bonds. The van der Waals surface area contributed by atoms with Crippen LogP contribution in [0.1, 0.15) is 68.9 Å². The fourth-order valence-corrected chi connectivity index (χ4v) is 6.80. The monoisotopic (exact) mass is 702 g/mol. The summed E-state index contributed by atoms with van der Waals surface area (Å²) in [4.78, 5) is 35.0. The molecule has 0 saturated carbocycles. The molecular weight excluding hydrogens is 645 g/mol. The Morgan fingerprint density at radius 1 is 0.750 bits per heavy atom. The molecule has 1 aliphatic rings. The van der Waals surface area contributed by atoms with Crippen molar-refractivity contribution in [2.24, 2.45) is 5.92 Å². The second kappa shape index (κ2) is 18.3. The largest absolute Gasteiger partial charge is 0.489 e. The lowest BCUT2D eigenvalue weighted by Crippen LogP contribution is -2.57. The molecule has 0 spiro atoms. The normalized spacial score (nSPS) is 15.0. The van der Waals surface area contributed by atoms with Gasteiger partial charge in [0.05, 0.1) is 6.04 Å². The van der Waals surface area contributed by atoms with E-state index in [1.54, 1.807) is 0 Å². The molecular formula is C45H58N4O3. The van der Waals surface area contributed by atoms with Gasteiger partial charge in [0.15, 0.2) is 0 Å². The number of carbonyl (C=O) groups excluding carboxylic acids is 2. The molecule has 7 nitrogen and oxygen atoms in total. The molecule has 4 aromatic carbocycles. The first-order chi connectivity index (χ1) is 24.9. The number of ether oxygens (including phenoxy) is 1. The summed E-state index contributed by atoms with van der Waals surface area (Å²) in [5.41, 5.74) is 5.87. The van der Waals surface area contributed by atoms with Gasteiger partial charge in [-0.25, -0.2) is 0 Å². The second-order valence-electron chi connectivity index (χ2n) is 15.8. The summed E-state index contributed by atoms with van der Waals surface area (Å²) < 4.78 is 6.02. The maximum atomic E-state index is 14.3. The van der Waals surface area contributed by atoms with Crippen LogP contribution in [0.25, 0.3) is 0 Å². The van der Waals surface area contributed by atoms with Crippen LogP contribution in [0, 0.1) is 5.92 Å². The Morgan fingerprint density at radius 2 is 1.33 bits per heavy atom. The van der Waals surface area contributed by atoms with E-state index in [1.165, 1.54) is 11.1 Å². The number of carbonyl (C=O) groups is 2. The van der Waals surface area contributed by atoms with Crippen molar-refractivity contribution in [1.82, 2.24) is 20.0 Å². The van der Waals surface area contributed by atoms with Gasteiger partial charge >= 0.3 is 0 Å². The van der Waals surface area contributed by atoms with Crippen molar-refractivity contribution in [3.63, 3.8) is 0 Å². The topological polar surface area (TPSA) is 65.1 Å². The first-order valence-electron chi connectivity index (χ1n) is 18.9. The number of piperazine rings is 1. The van der Waals surface area contributed by atoms with Gasteiger partial charge in [-0.05, 0) is 64.8 Å². The third-order valence-corrected chi connectivity index (χ3v) is 9.94. The molecule has 1 aliphatic heterocycles. The molecule has 4 aromatic rings. The Balaban J connectivity index is 1.29. The zero-order valence-electron chi connectivity index (χ0n) is 32.1. The molecule has 0 bridgehead atoms. The van der Waals surface area contributed by atoms with Crippen molar-refractivity contribution >= 4 is 11.8 Å². The standard InChI is InChI=1S/C45H58N4O3/c1-34(2)29-42(47(6)31-37-17-21-39(22-18-37)45(3,4)5)43(50)46-41(30-35-19-23-40(24-20-35)52-33-38-15-11-8-12-16-38)44(51)49-27-25-48(26-28-49)32-36-13-9-7-10-14-36/h7-24,34,41-42H,25-33H2,1-6H3,(H,46,50). The minimum absolute atomic E-state index is 0.0270. The first kappa shape index (κ1) is 38.8. The summed E-state index contributed by atoms with van der Waals surface area (Å²) >= 11 is 0. The molecule has 0 radical (unpaired) electrons. The van der Waals surface area contributed by atoms with Gasteiger partial charge in [-0.2, -0.15) is 0 Å². The fourth-order valence-electron chi connectivity index (χ4n) is 6.80. The van der Waals surface area contributed by atoms with Gasteiger partial charge in [0.1, 0.15) is 18.4 Å². The Morgan fingerprint density at radius 3 is 1.90 bits per heavy atom. The Labute approximate surface area is 312 Å². The van der Waals surface area contributed by atoms with Crippen LogP contribution in [0.5, 0.6) is 5.75 Å². The molecule has 0 aromatic heterocycles. The maximum Gasteiger partial charge on any atom is 0.245 e. The predicted molar refractivity (Wildman–Crippen MR) is 211 cm³/mol. The lowest BCUT2D eigenvalue weighted by atomic mass is 9.86. The minimum atomic E-state index is -0.682. The molecule has 1 N–H and O–H groups in total. The molecule has 2 atom stereocenters. The Bertz CT molecular complexity index is 1680. The summed E-state index contributed by atoms with van der Waals surface area (Å²) in [6.45, 7) is 15.8. The summed E-state index contributed by atoms with van der Waals surface area (Å²) in [6.07, 6.45) is 1.09. The second-order valence-corrected chi connectivity index (χ2v) is 15.8. The highest BCUT2D eigenvalue weighted by Gasteiger charge is 2.32. The molecule has 1 saturated heterocycles. The maximum absolute atomic E-state index is 14.3. The fraction of sp³-hybridized carbons (Fsp3) is 0.422. The number of benzene rings is 4. The quantitative estimate of drug-likeness (QED) is 0.139. The zero-order chi connectivity index (χ0) is 37.1. The van der Waals surface area contributed by atoms with Crippen LogP contribution in [0.3, 0.4) is 0 Å². The Kier molecular flexibility index (Phi) is 13.7. The number of likely N-dealkylation sites (N-methyl/N-ethyl adjacent to an activating group) is 1. The average molecular weight is 703 g/mol. The van der Waals surface area contributed by atoms with Crippen molar-refractivity contribution in [2.45, 2.75) is 84.7 Å². The molecule has 0 aliphatic carbocycles. The first-order valence-corrected chi connectivity index (χ1v) is 18.9. The molecule has 52 heavy (non-hydrogen) atoms. The highest BCUT2D eigenvalue weighted by atomic mass is 16.5. The van der Waals surface area contributed by atoms with Crippen molar-refractivity contribution < 1.29 is 14.3 Å². The van der Waals surface area contributed by atoms with Crippen LogP contribution in [-0.4, -0.2) is 71.8 Å². The molecule has 276 valence electrons. The van der Waals surface area contributed by atoms with E-state index in [9.17, 15) is 9.59 Å². The van der Waals surface area contributed by atoms with E-state index >= 15 is 0 Å². The van der Waals surface area contributed by atoms with Gasteiger partial charge in [-0.3, -0.25) is 19.4 Å². The van der Waals surface area contributed by atoms with Gasteiger partial charge < -0.3 is 15.0 Å². The zero-order valence-corrected chi connectivity index (χ0v) is 32.1. The van der Waals surface area contributed by atoms with E-state index in [2.05, 4.69) is 98.3 Å². The van der Waals surface area contributed by atoms with Gasteiger partial charge in [-0.1, -0.05) is 132 Å². The van der Waals surface area contributed by atoms with Gasteiger partial charge in [-0.15, -0.1) is 0 Å². The lowest BCUT2D eigenvalue weighted by Gasteiger charge is -2.37. The molecule has 5 rings (SSSR count). The van der Waals surface area contributed by atoms with E-state index in [0.717, 1.165) is 42.1 Å².